The van der Waals surface area contributed by atoms with Crippen LogP contribution in [-0.4, -0.2) is 18.2 Å². The molecule has 0 amide bonds. The van der Waals surface area contributed by atoms with Crippen molar-refractivity contribution in [2.75, 3.05) is 13.1 Å². The number of benzene rings is 2. The monoisotopic (exact) mass is 335 g/mol. The summed E-state index contributed by atoms with van der Waals surface area (Å²) < 4.78 is 0. The maximum absolute atomic E-state index is 6.40. The Morgan fingerprint density at radius 3 is 1.77 bits per heavy atom. The van der Waals surface area contributed by atoms with E-state index >= 15 is 0 Å². The van der Waals surface area contributed by atoms with Gasteiger partial charge in [0.2, 0.25) is 0 Å². The fourth-order valence-electron chi connectivity index (χ4n) is 2.78. The topological polar surface area (TPSA) is 12.5 Å². The van der Waals surface area contributed by atoms with Crippen LogP contribution in [0.2, 0.25) is 10.0 Å². The number of hydroxylamine groups is 2. The molecule has 1 aliphatic heterocycles. The van der Waals surface area contributed by atoms with E-state index in [2.05, 4.69) is 0 Å². The molecule has 1 heterocycles. The number of rotatable bonds is 4. The standard InChI is InChI=1S/C18H19Cl2NO/c19-16-10-4-2-8-14(16)18(15-9-3-5-11-17(15)20)22-21-12-6-1-7-13-21/h2-5,8-11,18H,1,6-7,12-13H2. The third kappa shape index (κ3) is 3.64. The van der Waals surface area contributed by atoms with Crippen LogP contribution in [0.4, 0.5) is 0 Å². The van der Waals surface area contributed by atoms with Crippen LogP contribution < -0.4 is 0 Å². The summed E-state index contributed by atoms with van der Waals surface area (Å²) in [5.41, 5.74) is 1.89. The smallest absolute Gasteiger partial charge is 0.132 e. The van der Waals surface area contributed by atoms with Crippen LogP contribution >= 0.6 is 23.2 Å². The second kappa shape index (κ2) is 7.47. The maximum Gasteiger partial charge on any atom is 0.132 e. The van der Waals surface area contributed by atoms with Crippen molar-refractivity contribution >= 4 is 23.2 Å². The number of halogens is 2. The molecule has 0 radical (unpaired) electrons. The minimum absolute atomic E-state index is 0.277. The van der Waals surface area contributed by atoms with Gasteiger partial charge in [-0.05, 0) is 25.0 Å². The van der Waals surface area contributed by atoms with Gasteiger partial charge in [-0.25, -0.2) is 0 Å². The molecule has 0 atom stereocenters. The predicted octanol–water partition coefficient (Wildman–Crippen LogP) is 5.50. The summed E-state index contributed by atoms with van der Waals surface area (Å²) in [4.78, 5) is 6.29. The average Bonchev–Trinajstić information content (AvgIpc) is 2.55. The van der Waals surface area contributed by atoms with Crippen LogP contribution in [0.3, 0.4) is 0 Å². The molecule has 0 saturated carbocycles. The molecular weight excluding hydrogens is 317 g/mol. The van der Waals surface area contributed by atoms with Crippen molar-refractivity contribution in [2.24, 2.45) is 0 Å². The molecule has 2 nitrogen and oxygen atoms in total. The first-order chi connectivity index (χ1) is 10.8. The molecule has 0 bridgehead atoms. The molecule has 0 spiro atoms. The molecule has 0 N–H and O–H groups in total. The lowest BCUT2D eigenvalue weighted by molar-refractivity contribution is -0.196. The van der Waals surface area contributed by atoms with E-state index in [0.717, 1.165) is 37.1 Å². The first-order valence-corrected chi connectivity index (χ1v) is 8.42. The Balaban J connectivity index is 1.95. The zero-order chi connectivity index (χ0) is 15.4. The molecule has 2 aromatic rings. The first kappa shape index (κ1) is 15.8. The second-order valence-electron chi connectivity index (χ2n) is 5.52. The van der Waals surface area contributed by atoms with Gasteiger partial charge in [-0.2, -0.15) is 5.06 Å². The zero-order valence-electron chi connectivity index (χ0n) is 12.3. The van der Waals surface area contributed by atoms with E-state index in [1.54, 1.807) is 0 Å². The molecule has 0 unspecified atom stereocenters. The Morgan fingerprint density at radius 1 is 0.773 bits per heavy atom. The van der Waals surface area contributed by atoms with Crippen molar-refractivity contribution in [1.82, 2.24) is 5.06 Å². The number of hydrogen-bond acceptors (Lipinski definition) is 2. The SMILES string of the molecule is Clc1ccccc1C(ON1CCCCC1)c1ccccc1Cl. The van der Waals surface area contributed by atoms with Gasteiger partial charge in [-0.3, -0.25) is 4.84 Å². The fraction of sp³-hybridized carbons (Fsp3) is 0.333. The highest BCUT2D eigenvalue weighted by atomic mass is 35.5. The molecule has 0 aromatic heterocycles. The molecular formula is C18H19Cl2NO. The molecule has 2 aromatic carbocycles. The lowest BCUT2D eigenvalue weighted by atomic mass is 10.0. The van der Waals surface area contributed by atoms with E-state index < -0.39 is 0 Å². The third-order valence-corrected chi connectivity index (χ3v) is 4.63. The van der Waals surface area contributed by atoms with Crippen molar-refractivity contribution in [3.63, 3.8) is 0 Å². The van der Waals surface area contributed by atoms with Crippen molar-refractivity contribution in [3.8, 4) is 0 Å². The highest BCUT2D eigenvalue weighted by molar-refractivity contribution is 6.32. The maximum atomic E-state index is 6.40. The zero-order valence-corrected chi connectivity index (χ0v) is 13.9. The molecule has 1 aliphatic rings. The highest BCUT2D eigenvalue weighted by Crippen LogP contribution is 2.36. The van der Waals surface area contributed by atoms with Gasteiger partial charge in [0.1, 0.15) is 6.10 Å². The second-order valence-corrected chi connectivity index (χ2v) is 6.33. The van der Waals surface area contributed by atoms with Gasteiger partial charge in [-0.1, -0.05) is 66.0 Å². The van der Waals surface area contributed by atoms with E-state index in [1.165, 1.54) is 6.42 Å². The van der Waals surface area contributed by atoms with Gasteiger partial charge < -0.3 is 0 Å². The van der Waals surface area contributed by atoms with Gasteiger partial charge in [0.25, 0.3) is 0 Å². The predicted molar refractivity (Wildman–Crippen MR) is 91.3 cm³/mol. The molecule has 3 rings (SSSR count). The Bertz CT molecular complexity index is 580. The van der Waals surface area contributed by atoms with Crippen molar-refractivity contribution in [3.05, 3.63) is 69.7 Å². The molecule has 1 saturated heterocycles. The lowest BCUT2D eigenvalue weighted by Crippen LogP contribution is -2.32. The summed E-state index contributed by atoms with van der Waals surface area (Å²) in [5.74, 6) is 0. The molecule has 1 fully saturated rings. The first-order valence-electron chi connectivity index (χ1n) is 7.66. The van der Waals surface area contributed by atoms with Gasteiger partial charge in [0, 0.05) is 34.3 Å². The summed E-state index contributed by atoms with van der Waals surface area (Å²) in [7, 11) is 0. The van der Waals surface area contributed by atoms with Crippen LogP contribution in [0.15, 0.2) is 48.5 Å². The van der Waals surface area contributed by atoms with E-state index in [9.17, 15) is 0 Å². The van der Waals surface area contributed by atoms with Crippen LogP contribution in [0.25, 0.3) is 0 Å². The number of hydrogen-bond donors (Lipinski definition) is 0. The Labute approximate surface area is 141 Å². The highest BCUT2D eigenvalue weighted by Gasteiger charge is 2.24. The van der Waals surface area contributed by atoms with E-state index in [-0.39, 0.29) is 6.10 Å². The summed E-state index contributed by atoms with van der Waals surface area (Å²) >= 11 is 12.8. The van der Waals surface area contributed by atoms with Crippen LogP contribution in [0, 0.1) is 0 Å². The largest absolute Gasteiger partial charge is 0.286 e. The van der Waals surface area contributed by atoms with Crippen molar-refractivity contribution < 1.29 is 4.84 Å². The molecule has 4 heteroatoms. The molecule has 22 heavy (non-hydrogen) atoms. The van der Waals surface area contributed by atoms with Gasteiger partial charge in [0.05, 0.1) is 0 Å². The number of piperidine rings is 1. The van der Waals surface area contributed by atoms with Crippen molar-refractivity contribution in [2.45, 2.75) is 25.4 Å². The number of nitrogens with zero attached hydrogens (tertiary/aromatic N) is 1. The Morgan fingerprint density at radius 2 is 1.27 bits per heavy atom. The fourth-order valence-corrected chi connectivity index (χ4v) is 3.25. The van der Waals surface area contributed by atoms with Gasteiger partial charge in [-0.15, -0.1) is 0 Å². The van der Waals surface area contributed by atoms with Crippen molar-refractivity contribution in [1.29, 1.82) is 0 Å². The summed E-state index contributed by atoms with van der Waals surface area (Å²) in [6.45, 7) is 1.90. The van der Waals surface area contributed by atoms with Crippen LogP contribution in [-0.2, 0) is 4.84 Å². The minimum Gasteiger partial charge on any atom is -0.286 e. The Kier molecular flexibility index (Phi) is 5.37. The van der Waals surface area contributed by atoms with Gasteiger partial charge >= 0.3 is 0 Å². The third-order valence-electron chi connectivity index (χ3n) is 3.94. The summed E-state index contributed by atoms with van der Waals surface area (Å²) in [6.07, 6.45) is 3.32. The van der Waals surface area contributed by atoms with E-state index in [0.29, 0.717) is 10.0 Å². The Hall–Kier alpha value is -1.06. The van der Waals surface area contributed by atoms with Gasteiger partial charge in [0.15, 0.2) is 0 Å². The quantitative estimate of drug-likeness (QED) is 0.731. The lowest BCUT2D eigenvalue weighted by Gasteiger charge is -2.31. The summed E-state index contributed by atoms with van der Waals surface area (Å²) in [5, 5.41) is 3.44. The van der Waals surface area contributed by atoms with E-state index in [1.807, 2.05) is 53.6 Å². The average molecular weight is 336 g/mol. The normalized spacial score (nSPS) is 16.1. The van der Waals surface area contributed by atoms with E-state index in [4.69, 9.17) is 28.0 Å². The molecule has 0 aliphatic carbocycles. The van der Waals surface area contributed by atoms with Crippen LogP contribution in [0.1, 0.15) is 36.5 Å². The van der Waals surface area contributed by atoms with Crippen LogP contribution in [0.5, 0.6) is 0 Å². The minimum atomic E-state index is -0.277. The molecule has 116 valence electrons. The summed E-state index contributed by atoms with van der Waals surface area (Å²) in [6, 6.07) is 15.6.